The van der Waals surface area contributed by atoms with Gasteiger partial charge in [-0.15, -0.1) is 0 Å². The van der Waals surface area contributed by atoms with Crippen molar-refractivity contribution in [1.82, 2.24) is 4.98 Å². The second-order valence-electron chi connectivity index (χ2n) is 5.48. The molecular weight excluding hydrogens is 326 g/mol. The summed E-state index contributed by atoms with van der Waals surface area (Å²) in [5.74, 6) is 0.0518. The quantitative estimate of drug-likeness (QED) is 0.466. The van der Waals surface area contributed by atoms with Crippen molar-refractivity contribution in [2.45, 2.75) is 6.61 Å². The number of anilines is 1. The first-order chi connectivity index (χ1) is 12.1. The number of morpholine rings is 1. The van der Waals surface area contributed by atoms with Crippen molar-refractivity contribution in [2.24, 2.45) is 0 Å². The van der Waals surface area contributed by atoms with E-state index < -0.39 is 10.9 Å². The zero-order chi connectivity index (χ0) is 17.6. The minimum Gasteiger partial charge on any atom is -0.457 e. The number of hydrogen-bond acceptors (Lipinski definition) is 7. The molecule has 0 bridgehead atoms. The smallest absolute Gasteiger partial charge is 0.342 e. The fourth-order valence-electron chi connectivity index (χ4n) is 2.57. The molecule has 8 nitrogen and oxygen atoms in total. The van der Waals surface area contributed by atoms with Crippen LogP contribution < -0.4 is 4.90 Å². The summed E-state index contributed by atoms with van der Waals surface area (Å²) in [6.45, 7) is 2.43. The normalized spacial score (nSPS) is 14.2. The van der Waals surface area contributed by atoms with Crippen LogP contribution in [0.1, 0.15) is 15.9 Å². The third kappa shape index (κ3) is 4.10. The Balaban J connectivity index is 1.71. The van der Waals surface area contributed by atoms with Crippen LogP contribution in [0.5, 0.6) is 0 Å². The number of ether oxygens (including phenoxy) is 2. The minimum atomic E-state index is -0.513. The highest BCUT2D eigenvalue weighted by atomic mass is 16.6. The van der Waals surface area contributed by atoms with Gasteiger partial charge in [-0.2, -0.15) is 0 Å². The Morgan fingerprint density at radius 3 is 2.84 bits per heavy atom. The average molecular weight is 343 g/mol. The Bertz CT molecular complexity index is 774. The van der Waals surface area contributed by atoms with Crippen LogP contribution in [0.15, 0.2) is 42.6 Å². The summed E-state index contributed by atoms with van der Waals surface area (Å²) in [5, 5.41) is 10.8. The molecule has 0 radical (unpaired) electrons. The molecule has 130 valence electrons. The van der Waals surface area contributed by atoms with Crippen molar-refractivity contribution in [1.29, 1.82) is 0 Å². The lowest BCUT2D eigenvalue weighted by Crippen LogP contribution is -2.37. The maximum atomic E-state index is 12.4. The molecule has 1 aromatic heterocycles. The number of nitro benzene ring substituents is 1. The number of pyridine rings is 1. The molecule has 25 heavy (non-hydrogen) atoms. The van der Waals surface area contributed by atoms with Gasteiger partial charge in [0, 0.05) is 31.4 Å². The molecule has 0 aliphatic carbocycles. The number of esters is 1. The molecule has 2 aromatic rings. The second-order valence-corrected chi connectivity index (χ2v) is 5.48. The van der Waals surface area contributed by atoms with Gasteiger partial charge >= 0.3 is 5.97 Å². The van der Waals surface area contributed by atoms with Crippen molar-refractivity contribution in [3.63, 3.8) is 0 Å². The Hall–Kier alpha value is -3.00. The fraction of sp³-hybridized carbons (Fsp3) is 0.294. The lowest BCUT2D eigenvalue weighted by atomic mass is 10.2. The third-order valence-corrected chi connectivity index (χ3v) is 3.81. The second kappa shape index (κ2) is 7.71. The maximum absolute atomic E-state index is 12.4. The van der Waals surface area contributed by atoms with E-state index >= 15 is 0 Å². The molecule has 0 amide bonds. The molecule has 1 saturated heterocycles. The molecule has 8 heteroatoms. The fourth-order valence-corrected chi connectivity index (χ4v) is 2.57. The molecule has 0 atom stereocenters. The van der Waals surface area contributed by atoms with E-state index in [1.807, 2.05) is 4.90 Å². The molecule has 1 aliphatic heterocycles. The van der Waals surface area contributed by atoms with Gasteiger partial charge in [0.25, 0.3) is 5.69 Å². The standard InChI is InChI=1S/C17H17N3O5/c21-17(25-12-13-3-1-4-14(11-13)20(22)23)15-5-2-6-18-16(15)19-7-9-24-10-8-19/h1-6,11H,7-10,12H2. The summed E-state index contributed by atoms with van der Waals surface area (Å²) in [4.78, 5) is 29.0. The van der Waals surface area contributed by atoms with Gasteiger partial charge in [0.1, 0.15) is 18.0 Å². The molecule has 2 heterocycles. The van der Waals surface area contributed by atoms with Gasteiger partial charge in [-0.3, -0.25) is 10.1 Å². The zero-order valence-corrected chi connectivity index (χ0v) is 13.5. The summed E-state index contributed by atoms with van der Waals surface area (Å²) in [7, 11) is 0. The number of carbonyl (C=O) groups excluding carboxylic acids is 1. The van der Waals surface area contributed by atoms with Crippen LogP contribution in [0.25, 0.3) is 0 Å². The molecule has 0 saturated carbocycles. The van der Waals surface area contributed by atoms with E-state index in [1.54, 1.807) is 30.5 Å². The van der Waals surface area contributed by atoms with Crippen molar-refractivity contribution < 1.29 is 19.2 Å². The molecule has 0 unspecified atom stereocenters. The third-order valence-electron chi connectivity index (χ3n) is 3.81. The van der Waals surface area contributed by atoms with Gasteiger partial charge < -0.3 is 14.4 Å². The first-order valence-electron chi connectivity index (χ1n) is 7.83. The van der Waals surface area contributed by atoms with Gasteiger partial charge in [0.05, 0.1) is 18.1 Å². The SMILES string of the molecule is O=C(OCc1cccc([N+](=O)[O-])c1)c1cccnc1N1CCOCC1. The molecular formula is C17H17N3O5. The molecule has 1 aliphatic rings. The van der Waals surface area contributed by atoms with Crippen LogP contribution in [0.4, 0.5) is 11.5 Å². The highest BCUT2D eigenvalue weighted by Gasteiger charge is 2.21. The van der Waals surface area contributed by atoms with Gasteiger partial charge in [-0.25, -0.2) is 9.78 Å². The number of benzene rings is 1. The highest BCUT2D eigenvalue weighted by Crippen LogP contribution is 2.20. The number of aromatic nitrogens is 1. The van der Waals surface area contributed by atoms with Gasteiger partial charge in [0.15, 0.2) is 0 Å². The van der Waals surface area contributed by atoms with E-state index in [4.69, 9.17) is 9.47 Å². The van der Waals surface area contributed by atoms with Crippen LogP contribution in [-0.4, -0.2) is 42.2 Å². The monoisotopic (exact) mass is 343 g/mol. The Morgan fingerprint density at radius 2 is 2.08 bits per heavy atom. The van der Waals surface area contributed by atoms with E-state index in [1.165, 1.54) is 12.1 Å². The predicted molar refractivity (Wildman–Crippen MR) is 89.5 cm³/mol. The average Bonchev–Trinajstić information content (AvgIpc) is 2.67. The van der Waals surface area contributed by atoms with Crippen molar-refractivity contribution in [2.75, 3.05) is 31.2 Å². The van der Waals surface area contributed by atoms with Gasteiger partial charge in [-0.1, -0.05) is 12.1 Å². The summed E-state index contributed by atoms with van der Waals surface area (Å²) in [6.07, 6.45) is 1.63. The molecule has 0 N–H and O–H groups in total. The molecule has 0 spiro atoms. The first-order valence-corrected chi connectivity index (χ1v) is 7.83. The summed E-state index contributed by atoms with van der Waals surface area (Å²) in [6, 6.07) is 9.35. The van der Waals surface area contributed by atoms with Crippen LogP contribution >= 0.6 is 0 Å². The number of nitrogens with zero attached hydrogens (tertiary/aromatic N) is 3. The number of hydrogen-bond donors (Lipinski definition) is 0. The maximum Gasteiger partial charge on any atom is 0.342 e. The van der Waals surface area contributed by atoms with Crippen LogP contribution in [-0.2, 0) is 16.1 Å². The molecule has 1 aromatic carbocycles. The van der Waals surface area contributed by atoms with E-state index in [-0.39, 0.29) is 12.3 Å². The van der Waals surface area contributed by atoms with Crippen LogP contribution in [0.2, 0.25) is 0 Å². The van der Waals surface area contributed by atoms with E-state index in [2.05, 4.69) is 4.98 Å². The number of rotatable bonds is 5. The topological polar surface area (TPSA) is 94.8 Å². The zero-order valence-electron chi connectivity index (χ0n) is 13.5. The lowest BCUT2D eigenvalue weighted by molar-refractivity contribution is -0.384. The lowest BCUT2D eigenvalue weighted by Gasteiger charge is -2.28. The van der Waals surface area contributed by atoms with E-state index in [0.717, 1.165) is 0 Å². The number of nitro groups is 1. The summed E-state index contributed by atoms with van der Waals surface area (Å²) < 4.78 is 10.6. The molecule has 3 rings (SSSR count). The van der Waals surface area contributed by atoms with Crippen LogP contribution in [0.3, 0.4) is 0 Å². The summed E-state index contributed by atoms with van der Waals surface area (Å²) >= 11 is 0. The van der Waals surface area contributed by atoms with E-state index in [0.29, 0.717) is 43.2 Å². The van der Waals surface area contributed by atoms with Gasteiger partial charge in [0.2, 0.25) is 0 Å². The van der Waals surface area contributed by atoms with Gasteiger partial charge in [-0.05, 0) is 17.7 Å². The largest absolute Gasteiger partial charge is 0.457 e. The highest BCUT2D eigenvalue weighted by molar-refractivity contribution is 5.94. The Morgan fingerprint density at radius 1 is 1.28 bits per heavy atom. The molecule has 1 fully saturated rings. The van der Waals surface area contributed by atoms with Crippen molar-refractivity contribution in [3.8, 4) is 0 Å². The Labute approximate surface area is 144 Å². The minimum absolute atomic E-state index is 0.0380. The van der Waals surface area contributed by atoms with Crippen molar-refractivity contribution in [3.05, 3.63) is 63.8 Å². The predicted octanol–water partition coefficient (Wildman–Crippen LogP) is 2.18. The summed E-state index contributed by atoms with van der Waals surface area (Å²) in [5.41, 5.74) is 0.887. The number of non-ortho nitro benzene ring substituents is 1. The first kappa shape index (κ1) is 16.8. The van der Waals surface area contributed by atoms with Crippen LogP contribution in [0, 0.1) is 10.1 Å². The van der Waals surface area contributed by atoms with Crippen molar-refractivity contribution >= 4 is 17.5 Å². The number of carbonyl (C=O) groups is 1. The Kier molecular flexibility index (Phi) is 5.20. The van der Waals surface area contributed by atoms with E-state index in [9.17, 15) is 14.9 Å².